The third-order valence-corrected chi connectivity index (χ3v) is 5.85. The summed E-state index contributed by atoms with van der Waals surface area (Å²) < 4.78 is 24.4. The van der Waals surface area contributed by atoms with Crippen molar-refractivity contribution in [1.29, 1.82) is 0 Å². The van der Waals surface area contributed by atoms with Gasteiger partial charge in [-0.2, -0.15) is 4.31 Å². The van der Waals surface area contributed by atoms with Gasteiger partial charge in [-0.25, -0.2) is 13.2 Å². The maximum absolute atomic E-state index is 12.5. The summed E-state index contributed by atoms with van der Waals surface area (Å²) in [4.78, 5) is 29.8. The smallest absolute Gasteiger partial charge is 0.325 e. The average Bonchev–Trinajstić information content (AvgIpc) is 2.96. The minimum atomic E-state index is -3.22. The van der Waals surface area contributed by atoms with Gasteiger partial charge in [0.05, 0.1) is 6.26 Å². The zero-order valence-electron chi connectivity index (χ0n) is 14.2. The highest BCUT2D eigenvalue weighted by atomic mass is 32.2. The molecule has 8 nitrogen and oxygen atoms in total. The number of urea groups is 1. The van der Waals surface area contributed by atoms with E-state index in [4.69, 9.17) is 0 Å². The molecule has 3 amide bonds. The van der Waals surface area contributed by atoms with Crippen LogP contribution in [-0.2, 0) is 14.8 Å². The number of carbonyl (C=O) groups excluding carboxylic acids is 2. The van der Waals surface area contributed by atoms with Crippen LogP contribution in [0.3, 0.4) is 0 Å². The number of benzene rings is 1. The monoisotopic (exact) mass is 366 g/mol. The van der Waals surface area contributed by atoms with Gasteiger partial charge in [-0.05, 0) is 12.1 Å². The van der Waals surface area contributed by atoms with Gasteiger partial charge >= 0.3 is 6.03 Å². The van der Waals surface area contributed by atoms with Crippen molar-refractivity contribution >= 4 is 27.6 Å². The molecule has 25 heavy (non-hydrogen) atoms. The lowest BCUT2D eigenvalue weighted by Gasteiger charge is -2.34. The lowest BCUT2D eigenvalue weighted by molar-refractivity contribution is -0.132. The highest BCUT2D eigenvalue weighted by Crippen LogP contribution is 2.19. The van der Waals surface area contributed by atoms with Gasteiger partial charge < -0.3 is 9.80 Å². The van der Waals surface area contributed by atoms with Crippen LogP contribution in [-0.4, -0.2) is 86.5 Å². The number of amides is 3. The Morgan fingerprint density at radius 2 is 1.64 bits per heavy atom. The number of rotatable bonds is 4. The molecule has 1 aromatic carbocycles. The molecule has 0 aliphatic carbocycles. The molecule has 2 heterocycles. The summed E-state index contributed by atoms with van der Waals surface area (Å²) in [5.41, 5.74) is 0.823. The van der Waals surface area contributed by atoms with Gasteiger partial charge in [-0.1, -0.05) is 18.2 Å². The van der Waals surface area contributed by atoms with E-state index in [1.54, 1.807) is 9.80 Å². The molecule has 0 spiro atoms. The molecule has 3 rings (SSSR count). The minimum absolute atomic E-state index is 0.0288. The second-order valence-corrected chi connectivity index (χ2v) is 8.22. The molecular weight excluding hydrogens is 344 g/mol. The van der Waals surface area contributed by atoms with Crippen molar-refractivity contribution in [3.8, 4) is 0 Å². The third kappa shape index (κ3) is 3.93. The van der Waals surface area contributed by atoms with Gasteiger partial charge in [0.2, 0.25) is 15.9 Å². The van der Waals surface area contributed by atoms with Crippen LogP contribution >= 0.6 is 0 Å². The number of nitrogens with zero attached hydrogens (tertiary/aromatic N) is 4. The zero-order chi connectivity index (χ0) is 18.0. The number of para-hydroxylation sites is 1. The number of sulfonamides is 1. The van der Waals surface area contributed by atoms with E-state index in [1.807, 2.05) is 30.3 Å². The molecule has 0 aromatic heterocycles. The standard InChI is InChI=1S/C16H22N4O4S/c1-25(23,24)19-10-7-17(8-11-19)15(21)13-18-9-12-20(16(18)22)14-5-3-2-4-6-14/h2-6H,7-13H2,1H3. The normalized spacial score (nSPS) is 19.6. The van der Waals surface area contributed by atoms with Crippen LogP contribution in [0.1, 0.15) is 0 Å². The predicted octanol–water partition coefficient (Wildman–Crippen LogP) is 0.0324. The van der Waals surface area contributed by atoms with Crippen molar-refractivity contribution in [1.82, 2.24) is 14.1 Å². The maximum atomic E-state index is 12.5. The molecule has 9 heteroatoms. The van der Waals surface area contributed by atoms with Crippen LogP contribution < -0.4 is 4.90 Å². The van der Waals surface area contributed by atoms with Crippen molar-refractivity contribution in [3.05, 3.63) is 30.3 Å². The second-order valence-electron chi connectivity index (χ2n) is 6.23. The Kier molecular flexibility index (Phi) is 4.96. The molecule has 2 aliphatic rings. The topological polar surface area (TPSA) is 81.2 Å². The summed E-state index contributed by atoms with van der Waals surface area (Å²) in [6, 6.07) is 9.20. The first-order chi connectivity index (χ1) is 11.9. The van der Waals surface area contributed by atoms with E-state index >= 15 is 0 Å². The van der Waals surface area contributed by atoms with Crippen LogP contribution in [0.5, 0.6) is 0 Å². The summed E-state index contributed by atoms with van der Waals surface area (Å²) in [7, 11) is -3.22. The first-order valence-corrected chi connectivity index (χ1v) is 10.1. The summed E-state index contributed by atoms with van der Waals surface area (Å²) in [6.07, 6.45) is 1.17. The molecule has 0 atom stereocenters. The molecule has 2 fully saturated rings. The maximum Gasteiger partial charge on any atom is 0.325 e. The number of anilines is 1. The van der Waals surface area contributed by atoms with Gasteiger partial charge in [0.25, 0.3) is 0 Å². The summed E-state index contributed by atoms with van der Waals surface area (Å²) in [5.74, 6) is -0.142. The molecular formula is C16H22N4O4S. The van der Waals surface area contributed by atoms with Crippen LogP contribution in [0, 0.1) is 0 Å². The van der Waals surface area contributed by atoms with Gasteiger partial charge in [0.15, 0.2) is 0 Å². The van der Waals surface area contributed by atoms with Crippen LogP contribution in [0.25, 0.3) is 0 Å². The van der Waals surface area contributed by atoms with E-state index in [0.29, 0.717) is 39.3 Å². The first-order valence-electron chi connectivity index (χ1n) is 8.20. The largest absolute Gasteiger partial charge is 0.339 e. The molecule has 0 radical (unpaired) electrons. The Balaban J connectivity index is 1.55. The van der Waals surface area contributed by atoms with E-state index in [2.05, 4.69) is 0 Å². The predicted molar refractivity (Wildman–Crippen MR) is 93.8 cm³/mol. The zero-order valence-corrected chi connectivity index (χ0v) is 15.0. The molecule has 0 saturated carbocycles. The van der Waals surface area contributed by atoms with Crippen molar-refractivity contribution in [3.63, 3.8) is 0 Å². The Labute approximate surface area is 147 Å². The molecule has 0 bridgehead atoms. The minimum Gasteiger partial charge on any atom is -0.339 e. The summed E-state index contributed by atoms with van der Waals surface area (Å²) >= 11 is 0. The van der Waals surface area contributed by atoms with Gasteiger partial charge in [-0.3, -0.25) is 9.69 Å². The molecule has 0 N–H and O–H groups in total. The summed E-state index contributed by atoms with van der Waals surface area (Å²) in [6.45, 7) is 2.40. The van der Waals surface area contributed by atoms with Gasteiger partial charge in [0.1, 0.15) is 6.54 Å². The average molecular weight is 366 g/mol. The lowest BCUT2D eigenvalue weighted by Crippen LogP contribution is -2.52. The van der Waals surface area contributed by atoms with Crippen molar-refractivity contribution in [2.75, 3.05) is 57.0 Å². The number of hydrogen-bond donors (Lipinski definition) is 0. The van der Waals surface area contributed by atoms with Crippen molar-refractivity contribution < 1.29 is 18.0 Å². The second kappa shape index (κ2) is 7.01. The van der Waals surface area contributed by atoms with Crippen LogP contribution in [0.2, 0.25) is 0 Å². The van der Waals surface area contributed by atoms with E-state index in [1.165, 1.54) is 15.5 Å². The van der Waals surface area contributed by atoms with E-state index in [9.17, 15) is 18.0 Å². The molecule has 0 unspecified atom stereocenters. The number of carbonyl (C=O) groups is 2. The fraction of sp³-hybridized carbons (Fsp3) is 0.500. The van der Waals surface area contributed by atoms with E-state index < -0.39 is 10.0 Å². The summed E-state index contributed by atoms with van der Waals surface area (Å²) in [5, 5.41) is 0. The van der Waals surface area contributed by atoms with Crippen LogP contribution in [0.15, 0.2) is 30.3 Å². The molecule has 1 aromatic rings. The van der Waals surface area contributed by atoms with Gasteiger partial charge in [0, 0.05) is 45.0 Å². The highest BCUT2D eigenvalue weighted by molar-refractivity contribution is 7.88. The Morgan fingerprint density at radius 1 is 1.00 bits per heavy atom. The van der Waals surface area contributed by atoms with Crippen molar-refractivity contribution in [2.45, 2.75) is 0 Å². The number of piperazine rings is 1. The van der Waals surface area contributed by atoms with Crippen LogP contribution in [0.4, 0.5) is 10.5 Å². The quantitative estimate of drug-likeness (QED) is 0.753. The number of hydrogen-bond acceptors (Lipinski definition) is 4. The third-order valence-electron chi connectivity index (χ3n) is 4.55. The SMILES string of the molecule is CS(=O)(=O)N1CCN(C(=O)CN2CCN(c3ccccc3)C2=O)CC1. The fourth-order valence-corrected chi connectivity index (χ4v) is 3.94. The first kappa shape index (κ1) is 17.7. The Bertz CT molecular complexity index is 745. The molecule has 136 valence electrons. The van der Waals surface area contributed by atoms with E-state index in [0.717, 1.165) is 5.69 Å². The van der Waals surface area contributed by atoms with Crippen molar-refractivity contribution in [2.24, 2.45) is 0 Å². The Morgan fingerprint density at radius 3 is 2.24 bits per heavy atom. The highest BCUT2D eigenvalue weighted by Gasteiger charge is 2.33. The lowest BCUT2D eigenvalue weighted by atomic mass is 10.3. The fourth-order valence-electron chi connectivity index (χ4n) is 3.11. The Hall–Kier alpha value is -2.13. The van der Waals surface area contributed by atoms with E-state index in [-0.39, 0.29) is 18.5 Å². The molecule has 2 saturated heterocycles. The molecule has 2 aliphatic heterocycles. The van der Waals surface area contributed by atoms with Gasteiger partial charge in [-0.15, -0.1) is 0 Å².